The van der Waals surface area contributed by atoms with E-state index in [1.807, 2.05) is 0 Å². The van der Waals surface area contributed by atoms with Crippen LogP contribution in [0.25, 0.3) is 5.76 Å². The van der Waals surface area contributed by atoms with Gasteiger partial charge in [-0.3, -0.25) is 4.99 Å². The lowest BCUT2D eigenvalue weighted by molar-refractivity contribution is -0.132. The van der Waals surface area contributed by atoms with Crippen LogP contribution in [0.3, 0.4) is 0 Å². The maximum absolute atomic E-state index is 11.1. The van der Waals surface area contributed by atoms with Crippen molar-refractivity contribution in [2.45, 2.75) is 13.8 Å². The number of halogens is 1. The van der Waals surface area contributed by atoms with Crippen molar-refractivity contribution in [3.8, 4) is 0 Å². The highest BCUT2D eigenvalue weighted by atomic mass is 79.9. The minimum atomic E-state index is -1.24. The molecule has 0 bridgehead atoms. The summed E-state index contributed by atoms with van der Waals surface area (Å²) in [7, 11) is 1.46. The molecule has 2 N–H and O–H groups in total. The molecule has 0 saturated heterocycles. The number of aliphatic carboxylic acids is 1. The molecule has 1 heterocycles. The number of carbonyl (C=O) groups is 1. The zero-order chi connectivity index (χ0) is 13.9. The number of aliphatic hydroxyl groups is 1. The number of hydrogen-bond donors (Lipinski definition) is 2. The van der Waals surface area contributed by atoms with Crippen molar-refractivity contribution in [2.24, 2.45) is 4.99 Å². The lowest BCUT2D eigenvalue weighted by Gasteiger charge is -2.07. The Hall–Kier alpha value is -1.69. The quantitative estimate of drug-likeness (QED) is 0.510. The highest BCUT2D eigenvalue weighted by molar-refractivity contribution is 9.10. The van der Waals surface area contributed by atoms with Gasteiger partial charge in [0.05, 0.1) is 5.69 Å². The number of aliphatic imine (C=N–C) groups is 1. The van der Waals surface area contributed by atoms with Gasteiger partial charge in [-0.25, -0.2) is 9.78 Å². The molecule has 6 heteroatoms. The van der Waals surface area contributed by atoms with E-state index in [4.69, 9.17) is 5.11 Å². The number of carboxylic acid groups (broad SMARTS) is 1. The largest absolute Gasteiger partial charge is 0.505 e. The molecule has 0 atom stereocenters. The number of nitrogens with zero attached hydrogens (tertiary/aromatic N) is 2. The normalized spacial score (nSPS) is 13.2. The molecular formula is C12H13BrN2O3. The van der Waals surface area contributed by atoms with Gasteiger partial charge in [0.2, 0.25) is 0 Å². The maximum atomic E-state index is 11.1. The molecular weight excluding hydrogens is 300 g/mol. The van der Waals surface area contributed by atoms with E-state index in [1.54, 1.807) is 13.0 Å². The molecule has 0 saturated carbocycles. The number of aliphatic hydroxyl groups excluding tert-OH is 1. The second-order valence-electron chi connectivity index (χ2n) is 3.60. The van der Waals surface area contributed by atoms with Gasteiger partial charge >= 0.3 is 5.97 Å². The fraction of sp³-hybridized carbons (Fsp3) is 0.250. The van der Waals surface area contributed by atoms with Crippen molar-refractivity contribution in [2.75, 3.05) is 7.05 Å². The third-order valence-electron chi connectivity index (χ3n) is 2.41. The lowest BCUT2D eigenvalue weighted by atomic mass is 10.1. The third kappa shape index (κ3) is 2.95. The summed E-state index contributed by atoms with van der Waals surface area (Å²) in [5.74, 6) is -1.63. The molecule has 0 spiro atoms. The molecule has 0 unspecified atom stereocenters. The fourth-order valence-corrected chi connectivity index (χ4v) is 1.56. The standard InChI is InChI=1S/C12H13BrN2O3/c1-6-8(13)4-5-9(15-6)11(16)10(12(17)18)7(2)14-3/h4-5,16H,1-3H3,(H,17,18). The summed E-state index contributed by atoms with van der Waals surface area (Å²) >= 11 is 3.29. The Morgan fingerprint density at radius 1 is 1.39 bits per heavy atom. The number of pyridine rings is 1. The minimum absolute atomic E-state index is 0.205. The molecule has 0 aliphatic carbocycles. The van der Waals surface area contributed by atoms with E-state index in [0.717, 1.165) is 4.47 Å². The Kier molecular flexibility index (Phi) is 4.61. The van der Waals surface area contributed by atoms with Crippen LogP contribution in [0.1, 0.15) is 18.3 Å². The molecule has 0 amide bonds. The van der Waals surface area contributed by atoms with Gasteiger partial charge in [-0.1, -0.05) is 0 Å². The molecule has 1 rings (SSSR count). The molecule has 0 aromatic carbocycles. The summed E-state index contributed by atoms with van der Waals surface area (Å²) in [6.07, 6.45) is 0. The Bertz CT molecular complexity index is 550. The van der Waals surface area contributed by atoms with Crippen molar-refractivity contribution >= 4 is 33.4 Å². The van der Waals surface area contributed by atoms with Gasteiger partial charge in [-0.2, -0.15) is 0 Å². The number of carboxylic acids is 1. The first kappa shape index (κ1) is 14.4. The van der Waals surface area contributed by atoms with Crippen LogP contribution in [-0.2, 0) is 4.79 Å². The predicted molar refractivity (Wildman–Crippen MR) is 72.9 cm³/mol. The second kappa shape index (κ2) is 5.77. The van der Waals surface area contributed by atoms with Gasteiger partial charge in [0.25, 0.3) is 0 Å². The van der Waals surface area contributed by atoms with Gasteiger partial charge in [-0.05, 0) is 41.9 Å². The number of hydrogen-bond acceptors (Lipinski definition) is 4. The highest BCUT2D eigenvalue weighted by Crippen LogP contribution is 2.20. The monoisotopic (exact) mass is 312 g/mol. The van der Waals surface area contributed by atoms with Crippen LogP contribution in [0.15, 0.2) is 27.2 Å². The van der Waals surface area contributed by atoms with Gasteiger partial charge in [0.1, 0.15) is 11.3 Å². The predicted octanol–water partition coefficient (Wildman–Crippen LogP) is 2.60. The SMILES string of the molecule is CN=C(C)C(C(=O)O)=C(O)c1ccc(Br)c(C)n1. The van der Waals surface area contributed by atoms with Gasteiger partial charge in [0.15, 0.2) is 5.76 Å². The lowest BCUT2D eigenvalue weighted by Crippen LogP contribution is -2.13. The summed E-state index contributed by atoms with van der Waals surface area (Å²) in [6.45, 7) is 3.27. The van der Waals surface area contributed by atoms with Crippen molar-refractivity contribution in [1.82, 2.24) is 4.98 Å². The summed E-state index contributed by atoms with van der Waals surface area (Å²) < 4.78 is 0.789. The van der Waals surface area contributed by atoms with E-state index in [-0.39, 0.29) is 22.7 Å². The average Bonchev–Trinajstić information content (AvgIpc) is 2.32. The minimum Gasteiger partial charge on any atom is -0.505 e. The highest BCUT2D eigenvalue weighted by Gasteiger charge is 2.19. The van der Waals surface area contributed by atoms with E-state index in [0.29, 0.717) is 5.69 Å². The Morgan fingerprint density at radius 2 is 2.00 bits per heavy atom. The summed E-state index contributed by atoms with van der Waals surface area (Å²) in [4.78, 5) is 19.0. The van der Waals surface area contributed by atoms with Crippen molar-refractivity contribution < 1.29 is 15.0 Å². The number of aromatic nitrogens is 1. The third-order valence-corrected chi connectivity index (χ3v) is 3.25. The van der Waals surface area contributed by atoms with Crippen LogP contribution in [0.2, 0.25) is 0 Å². The van der Waals surface area contributed by atoms with Gasteiger partial charge in [0, 0.05) is 17.2 Å². The molecule has 0 aliphatic heterocycles. The second-order valence-corrected chi connectivity index (χ2v) is 4.46. The number of rotatable bonds is 3. The van der Waals surface area contributed by atoms with E-state index in [2.05, 4.69) is 25.9 Å². The van der Waals surface area contributed by atoms with Crippen LogP contribution < -0.4 is 0 Å². The molecule has 5 nitrogen and oxygen atoms in total. The first-order valence-electron chi connectivity index (χ1n) is 5.12. The molecule has 1 aromatic rings. The zero-order valence-electron chi connectivity index (χ0n) is 10.2. The molecule has 0 fully saturated rings. The van der Waals surface area contributed by atoms with Gasteiger partial charge in [-0.15, -0.1) is 0 Å². The molecule has 96 valence electrons. The molecule has 1 aromatic heterocycles. The van der Waals surface area contributed by atoms with Crippen molar-refractivity contribution in [1.29, 1.82) is 0 Å². The van der Waals surface area contributed by atoms with Crippen LogP contribution >= 0.6 is 15.9 Å². The van der Waals surface area contributed by atoms with Crippen molar-refractivity contribution in [3.63, 3.8) is 0 Å². The molecule has 0 radical (unpaired) electrons. The molecule has 0 aliphatic rings. The summed E-state index contributed by atoms with van der Waals surface area (Å²) in [6, 6.07) is 3.24. The first-order valence-corrected chi connectivity index (χ1v) is 5.91. The topological polar surface area (TPSA) is 82.8 Å². The van der Waals surface area contributed by atoms with Crippen LogP contribution in [-0.4, -0.2) is 33.9 Å². The van der Waals surface area contributed by atoms with Gasteiger partial charge < -0.3 is 10.2 Å². The summed E-state index contributed by atoms with van der Waals surface area (Å²) in [5, 5.41) is 19.1. The Morgan fingerprint density at radius 3 is 2.44 bits per heavy atom. The first-order chi connectivity index (χ1) is 8.38. The van der Waals surface area contributed by atoms with E-state index in [1.165, 1.54) is 20.0 Å². The zero-order valence-corrected chi connectivity index (χ0v) is 11.8. The van der Waals surface area contributed by atoms with Crippen molar-refractivity contribution in [3.05, 3.63) is 33.6 Å². The van der Waals surface area contributed by atoms with Crippen LogP contribution in [0.4, 0.5) is 0 Å². The summed E-state index contributed by atoms with van der Waals surface area (Å²) in [5.41, 5.74) is 0.861. The van der Waals surface area contributed by atoms with Crippen LogP contribution in [0, 0.1) is 6.92 Å². The van der Waals surface area contributed by atoms with E-state index < -0.39 is 5.97 Å². The fourth-order valence-electron chi connectivity index (χ4n) is 1.34. The van der Waals surface area contributed by atoms with E-state index in [9.17, 15) is 9.90 Å². The Balaban J connectivity index is 3.43. The van der Waals surface area contributed by atoms with Crippen LogP contribution in [0.5, 0.6) is 0 Å². The Labute approximate surface area is 113 Å². The smallest absolute Gasteiger partial charge is 0.341 e. The van der Waals surface area contributed by atoms with E-state index >= 15 is 0 Å². The maximum Gasteiger partial charge on any atom is 0.341 e. The molecule has 18 heavy (non-hydrogen) atoms. The average molecular weight is 313 g/mol. The number of aryl methyl sites for hydroxylation is 1.